The highest BCUT2D eigenvalue weighted by atomic mass is 19.1. The molecule has 2 unspecified atom stereocenters. The smallest absolute Gasteiger partial charge is 0.102 e. The SMILES string of the molecule is CCCC1CN(CCF)C(C)(C2CC2)CN1. The first-order valence-corrected chi connectivity index (χ1v) is 6.75. The van der Waals surface area contributed by atoms with Crippen LogP contribution in [0.25, 0.3) is 0 Å². The number of nitrogens with zero attached hydrogens (tertiary/aromatic N) is 1. The molecule has 0 amide bonds. The Bertz CT molecular complexity index is 230. The van der Waals surface area contributed by atoms with E-state index in [0.29, 0.717) is 12.6 Å². The van der Waals surface area contributed by atoms with Gasteiger partial charge >= 0.3 is 0 Å². The Hall–Kier alpha value is -0.150. The highest BCUT2D eigenvalue weighted by molar-refractivity contribution is 5.04. The third-order valence-corrected chi connectivity index (χ3v) is 4.36. The zero-order chi connectivity index (χ0) is 11.6. The molecule has 0 bridgehead atoms. The average Bonchev–Trinajstić information content (AvgIpc) is 3.08. The number of hydrogen-bond acceptors (Lipinski definition) is 2. The van der Waals surface area contributed by atoms with Crippen LogP contribution in [0.2, 0.25) is 0 Å². The third-order valence-electron chi connectivity index (χ3n) is 4.36. The fraction of sp³-hybridized carbons (Fsp3) is 1.00. The lowest BCUT2D eigenvalue weighted by Crippen LogP contribution is -2.64. The Morgan fingerprint density at radius 1 is 1.44 bits per heavy atom. The maximum atomic E-state index is 12.7. The van der Waals surface area contributed by atoms with Crippen molar-refractivity contribution in [2.24, 2.45) is 5.92 Å². The summed E-state index contributed by atoms with van der Waals surface area (Å²) in [5.74, 6) is 0.800. The van der Waals surface area contributed by atoms with Crippen molar-refractivity contribution in [3.63, 3.8) is 0 Å². The second kappa shape index (κ2) is 5.01. The molecule has 16 heavy (non-hydrogen) atoms. The third kappa shape index (κ3) is 2.40. The van der Waals surface area contributed by atoms with Crippen molar-refractivity contribution >= 4 is 0 Å². The molecule has 2 fully saturated rings. The van der Waals surface area contributed by atoms with Gasteiger partial charge in [0, 0.05) is 31.2 Å². The number of hydrogen-bond donors (Lipinski definition) is 1. The lowest BCUT2D eigenvalue weighted by Gasteiger charge is -2.48. The van der Waals surface area contributed by atoms with Crippen LogP contribution in [0.5, 0.6) is 0 Å². The number of piperazine rings is 1. The van der Waals surface area contributed by atoms with Crippen molar-refractivity contribution in [1.29, 1.82) is 0 Å². The zero-order valence-corrected chi connectivity index (χ0v) is 10.6. The van der Waals surface area contributed by atoms with Gasteiger partial charge in [0.15, 0.2) is 0 Å². The number of nitrogens with one attached hydrogen (secondary N) is 1. The summed E-state index contributed by atoms with van der Waals surface area (Å²) in [6.07, 6.45) is 5.09. The van der Waals surface area contributed by atoms with Crippen LogP contribution in [0.15, 0.2) is 0 Å². The number of halogens is 1. The van der Waals surface area contributed by atoms with Gasteiger partial charge in [-0.1, -0.05) is 13.3 Å². The second-order valence-electron chi connectivity index (χ2n) is 5.63. The molecule has 1 aliphatic carbocycles. The molecule has 1 aliphatic heterocycles. The van der Waals surface area contributed by atoms with E-state index in [1.807, 2.05) is 0 Å². The Balaban J connectivity index is 1.98. The number of alkyl halides is 1. The monoisotopic (exact) mass is 228 g/mol. The topological polar surface area (TPSA) is 15.3 Å². The van der Waals surface area contributed by atoms with Gasteiger partial charge in [0.05, 0.1) is 0 Å². The van der Waals surface area contributed by atoms with Gasteiger partial charge in [-0.15, -0.1) is 0 Å². The van der Waals surface area contributed by atoms with Crippen LogP contribution in [0, 0.1) is 5.92 Å². The fourth-order valence-corrected chi connectivity index (χ4v) is 3.10. The molecule has 2 rings (SSSR count). The van der Waals surface area contributed by atoms with Gasteiger partial charge in [-0.25, -0.2) is 4.39 Å². The van der Waals surface area contributed by atoms with Crippen molar-refractivity contribution in [2.45, 2.75) is 51.1 Å². The first-order chi connectivity index (χ1) is 7.70. The van der Waals surface area contributed by atoms with Crippen LogP contribution in [-0.2, 0) is 0 Å². The molecule has 0 spiro atoms. The minimum Gasteiger partial charge on any atom is -0.311 e. The van der Waals surface area contributed by atoms with Crippen molar-refractivity contribution in [3.05, 3.63) is 0 Å². The highest BCUT2D eigenvalue weighted by Crippen LogP contribution is 2.43. The predicted octanol–water partition coefficient (Wildman–Crippen LogP) is 2.20. The van der Waals surface area contributed by atoms with E-state index < -0.39 is 0 Å². The Morgan fingerprint density at radius 3 is 2.75 bits per heavy atom. The van der Waals surface area contributed by atoms with Crippen LogP contribution in [-0.4, -0.2) is 42.8 Å². The molecule has 3 heteroatoms. The lowest BCUT2D eigenvalue weighted by atomic mass is 9.89. The van der Waals surface area contributed by atoms with Crippen LogP contribution < -0.4 is 5.32 Å². The van der Waals surface area contributed by atoms with Gasteiger partial charge in [-0.3, -0.25) is 4.90 Å². The minimum atomic E-state index is -0.207. The van der Waals surface area contributed by atoms with E-state index in [9.17, 15) is 4.39 Å². The van der Waals surface area contributed by atoms with E-state index in [-0.39, 0.29) is 12.2 Å². The molecule has 1 N–H and O–H groups in total. The highest BCUT2D eigenvalue weighted by Gasteiger charge is 2.47. The minimum absolute atomic E-state index is 0.207. The van der Waals surface area contributed by atoms with E-state index in [1.54, 1.807) is 0 Å². The summed E-state index contributed by atoms with van der Waals surface area (Å²) in [6.45, 7) is 7.02. The van der Waals surface area contributed by atoms with Gasteiger partial charge in [-0.2, -0.15) is 0 Å². The quantitative estimate of drug-likeness (QED) is 0.776. The van der Waals surface area contributed by atoms with E-state index in [0.717, 1.165) is 19.0 Å². The standard InChI is InChI=1S/C13H25FN2/c1-3-4-12-9-16(8-7-14)13(2,10-15-12)11-5-6-11/h11-12,15H,3-10H2,1-2H3. The van der Waals surface area contributed by atoms with Gasteiger partial charge in [0.25, 0.3) is 0 Å². The maximum Gasteiger partial charge on any atom is 0.102 e. The van der Waals surface area contributed by atoms with Crippen LogP contribution >= 0.6 is 0 Å². The molecule has 94 valence electrons. The molecule has 0 radical (unpaired) electrons. The summed E-state index contributed by atoms with van der Waals surface area (Å²) >= 11 is 0. The molecular formula is C13H25FN2. The van der Waals surface area contributed by atoms with E-state index in [4.69, 9.17) is 0 Å². The summed E-state index contributed by atoms with van der Waals surface area (Å²) in [5, 5.41) is 3.66. The predicted molar refractivity (Wildman–Crippen MR) is 65.4 cm³/mol. The Labute approximate surface area is 98.6 Å². The summed E-state index contributed by atoms with van der Waals surface area (Å²) < 4.78 is 12.7. The molecule has 2 atom stereocenters. The Morgan fingerprint density at radius 2 is 2.19 bits per heavy atom. The van der Waals surface area contributed by atoms with Crippen LogP contribution in [0.4, 0.5) is 4.39 Å². The van der Waals surface area contributed by atoms with E-state index in [2.05, 4.69) is 24.1 Å². The molecule has 0 aromatic heterocycles. The molecule has 1 saturated heterocycles. The molecule has 0 aromatic carbocycles. The normalized spacial score (nSPS) is 36.6. The van der Waals surface area contributed by atoms with Crippen LogP contribution in [0.1, 0.15) is 39.5 Å². The fourth-order valence-electron chi connectivity index (χ4n) is 3.10. The summed E-state index contributed by atoms with van der Waals surface area (Å²) in [4.78, 5) is 2.40. The molecule has 1 heterocycles. The van der Waals surface area contributed by atoms with Gasteiger partial charge < -0.3 is 5.32 Å². The van der Waals surface area contributed by atoms with Crippen molar-refractivity contribution in [3.8, 4) is 0 Å². The lowest BCUT2D eigenvalue weighted by molar-refractivity contribution is 0.0285. The van der Waals surface area contributed by atoms with Crippen molar-refractivity contribution in [1.82, 2.24) is 10.2 Å². The molecule has 1 saturated carbocycles. The largest absolute Gasteiger partial charge is 0.311 e. The summed E-state index contributed by atoms with van der Waals surface area (Å²) in [6, 6.07) is 0.573. The second-order valence-corrected chi connectivity index (χ2v) is 5.63. The number of rotatable bonds is 5. The van der Waals surface area contributed by atoms with Crippen LogP contribution in [0.3, 0.4) is 0 Å². The van der Waals surface area contributed by atoms with E-state index >= 15 is 0 Å². The molecule has 2 aliphatic rings. The first-order valence-electron chi connectivity index (χ1n) is 6.75. The maximum absolute atomic E-state index is 12.7. The molecule has 0 aromatic rings. The van der Waals surface area contributed by atoms with Gasteiger partial charge in [0.1, 0.15) is 6.67 Å². The van der Waals surface area contributed by atoms with Gasteiger partial charge in [0.2, 0.25) is 0 Å². The average molecular weight is 228 g/mol. The van der Waals surface area contributed by atoms with Crippen molar-refractivity contribution in [2.75, 3.05) is 26.3 Å². The molecule has 2 nitrogen and oxygen atoms in total. The summed E-state index contributed by atoms with van der Waals surface area (Å²) in [7, 11) is 0. The molecular weight excluding hydrogens is 203 g/mol. The summed E-state index contributed by atoms with van der Waals surface area (Å²) in [5.41, 5.74) is 0.219. The van der Waals surface area contributed by atoms with Gasteiger partial charge in [-0.05, 0) is 32.1 Å². The van der Waals surface area contributed by atoms with Crippen molar-refractivity contribution < 1.29 is 4.39 Å². The zero-order valence-electron chi connectivity index (χ0n) is 10.6. The first kappa shape index (κ1) is 12.3. The Kier molecular flexibility index (Phi) is 3.85. The van der Waals surface area contributed by atoms with E-state index in [1.165, 1.54) is 25.7 Å².